The Kier molecular flexibility index (Phi) is 5.57. The quantitative estimate of drug-likeness (QED) is 0.677. The molecule has 0 saturated carbocycles. The fraction of sp³-hybridized carbons (Fsp3) is 0.208. The van der Waals surface area contributed by atoms with Gasteiger partial charge < -0.3 is 15.4 Å². The smallest absolute Gasteiger partial charge is 0.239 e. The summed E-state index contributed by atoms with van der Waals surface area (Å²) in [6, 6.07) is 26.4. The summed E-state index contributed by atoms with van der Waals surface area (Å²) in [7, 11) is 0. The van der Waals surface area contributed by atoms with E-state index in [1.807, 2.05) is 60.7 Å². The van der Waals surface area contributed by atoms with E-state index in [0.29, 0.717) is 6.61 Å². The Morgan fingerprint density at radius 2 is 1.68 bits per heavy atom. The molecule has 1 unspecified atom stereocenters. The highest BCUT2D eigenvalue weighted by Gasteiger charge is 2.22. The van der Waals surface area contributed by atoms with Crippen LogP contribution in [0.1, 0.15) is 29.2 Å². The Morgan fingerprint density at radius 3 is 2.57 bits per heavy atom. The molecule has 0 bridgehead atoms. The number of para-hydroxylation sites is 2. The van der Waals surface area contributed by atoms with Crippen LogP contribution in [0.5, 0.6) is 5.75 Å². The third kappa shape index (κ3) is 4.34. The van der Waals surface area contributed by atoms with E-state index in [0.717, 1.165) is 29.8 Å². The van der Waals surface area contributed by atoms with Crippen molar-refractivity contribution in [3.8, 4) is 5.75 Å². The van der Waals surface area contributed by atoms with Crippen LogP contribution in [0.3, 0.4) is 0 Å². The number of carbonyl (C=O) groups is 1. The summed E-state index contributed by atoms with van der Waals surface area (Å²) < 4.78 is 5.67. The minimum atomic E-state index is -0.0174. The highest BCUT2D eigenvalue weighted by atomic mass is 16.5. The summed E-state index contributed by atoms with van der Waals surface area (Å²) in [6.07, 6.45) is 1.62. The minimum Gasteiger partial charge on any atom is -0.493 e. The molecule has 1 amide bonds. The second-order valence-corrected chi connectivity index (χ2v) is 6.97. The maximum atomic E-state index is 12.5. The van der Waals surface area contributed by atoms with Crippen LogP contribution < -0.4 is 15.4 Å². The van der Waals surface area contributed by atoms with Crippen LogP contribution in [0.25, 0.3) is 0 Å². The fourth-order valence-corrected chi connectivity index (χ4v) is 3.58. The number of nitrogens with one attached hydrogen (secondary N) is 2. The van der Waals surface area contributed by atoms with Crippen molar-refractivity contribution in [1.29, 1.82) is 0 Å². The van der Waals surface area contributed by atoms with Gasteiger partial charge in [0.1, 0.15) is 5.75 Å². The van der Waals surface area contributed by atoms with Gasteiger partial charge in [0.25, 0.3) is 0 Å². The summed E-state index contributed by atoms with van der Waals surface area (Å²) in [5.41, 5.74) is 4.47. The van der Waals surface area contributed by atoms with Crippen molar-refractivity contribution in [2.45, 2.75) is 18.9 Å². The molecule has 142 valence electrons. The second kappa shape index (κ2) is 8.61. The van der Waals surface area contributed by atoms with Gasteiger partial charge in [-0.1, -0.05) is 66.7 Å². The van der Waals surface area contributed by atoms with Gasteiger partial charge in [-0.15, -0.1) is 0 Å². The molecule has 0 radical (unpaired) electrons. The van der Waals surface area contributed by atoms with Gasteiger partial charge in [-0.05, 0) is 29.7 Å². The molecule has 1 atom stereocenters. The number of benzene rings is 3. The van der Waals surface area contributed by atoms with Crippen molar-refractivity contribution in [2.24, 2.45) is 0 Å². The van der Waals surface area contributed by atoms with E-state index < -0.39 is 0 Å². The molecular formula is C24H24N2O2. The van der Waals surface area contributed by atoms with Crippen molar-refractivity contribution in [3.63, 3.8) is 0 Å². The maximum absolute atomic E-state index is 12.5. The van der Waals surface area contributed by atoms with Gasteiger partial charge in [-0.25, -0.2) is 0 Å². The van der Waals surface area contributed by atoms with Crippen molar-refractivity contribution in [2.75, 3.05) is 18.5 Å². The molecule has 4 rings (SSSR count). The molecule has 28 heavy (non-hydrogen) atoms. The largest absolute Gasteiger partial charge is 0.493 e. The zero-order valence-electron chi connectivity index (χ0n) is 15.7. The molecule has 0 aliphatic carbocycles. The average Bonchev–Trinajstić information content (AvgIpc) is 2.74. The molecule has 3 aromatic rings. The van der Waals surface area contributed by atoms with Gasteiger partial charge in [0.05, 0.1) is 19.2 Å². The maximum Gasteiger partial charge on any atom is 0.239 e. The van der Waals surface area contributed by atoms with Crippen LogP contribution >= 0.6 is 0 Å². The van der Waals surface area contributed by atoms with Gasteiger partial charge in [0, 0.05) is 17.7 Å². The highest BCUT2D eigenvalue weighted by molar-refractivity contribution is 5.81. The summed E-state index contributed by atoms with van der Waals surface area (Å²) in [5.74, 6) is 0.844. The monoisotopic (exact) mass is 372 g/mol. The first-order valence-corrected chi connectivity index (χ1v) is 9.66. The molecule has 3 aromatic carbocycles. The van der Waals surface area contributed by atoms with E-state index in [9.17, 15) is 4.79 Å². The molecule has 2 N–H and O–H groups in total. The third-order valence-electron chi connectivity index (χ3n) is 4.99. The molecule has 1 aliphatic rings. The van der Waals surface area contributed by atoms with Gasteiger partial charge in [-0.2, -0.15) is 0 Å². The van der Waals surface area contributed by atoms with Crippen LogP contribution in [0.2, 0.25) is 0 Å². The van der Waals surface area contributed by atoms with Crippen LogP contribution in [-0.4, -0.2) is 19.1 Å². The Bertz CT molecular complexity index is 940. The third-order valence-corrected chi connectivity index (χ3v) is 4.99. The number of amides is 1. The Morgan fingerprint density at radius 1 is 0.929 bits per heavy atom. The van der Waals surface area contributed by atoms with E-state index in [4.69, 9.17) is 4.74 Å². The minimum absolute atomic E-state index is 0.00110. The summed E-state index contributed by atoms with van der Waals surface area (Å²) in [6.45, 7) is 0.862. The lowest BCUT2D eigenvalue weighted by molar-refractivity contribution is -0.120. The summed E-state index contributed by atoms with van der Waals surface area (Å²) in [5, 5.41) is 6.44. The lowest BCUT2D eigenvalue weighted by Crippen LogP contribution is -2.35. The molecule has 0 saturated heterocycles. The van der Waals surface area contributed by atoms with Crippen molar-refractivity contribution < 1.29 is 9.53 Å². The predicted molar refractivity (Wildman–Crippen MR) is 112 cm³/mol. The van der Waals surface area contributed by atoms with Gasteiger partial charge in [-0.3, -0.25) is 4.79 Å². The zero-order chi connectivity index (χ0) is 19.2. The first-order chi connectivity index (χ1) is 13.8. The zero-order valence-corrected chi connectivity index (χ0v) is 15.7. The molecule has 1 aliphatic heterocycles. The second-order valence-electron chi connectivity index (χ2n) is 6.97. The van der Waals surface area contributed by atoms with Crippen molar-refractivity contribution >= 4 is 11.6 Å². The number of hydrogen-bond donors (Lipinski definition) is 2. The Hall–Kier alpha value is -3.27. The first-order valence-electron chi connectivity index (χ1n) is 9.66. The molecule has 0 spiro atoms. The van der Waals surface area contributed by atoms with Crippen LogP contribution in [-0.2, 0) is 11.2 Å². The van der Waals surface area contributed by atoms with E-state index in [1.54, 1.807) is 0 Å². The molecule has 1 heterocycles. The molecule has 0 fully saturated rings. The predicted octanol–water partition coefficient (Wildman–Crippen LogP) is 4.33. The summed E-state index contributed by atoms with van der Waals surface area (Å²) in [4.78, 5) is 12.5. The van der Waals surface area contributed by atoms with Crippen LogP contribution in [0, 0.1) is 0 Å². The van der Waals surface area contributed by atoms with Crippen molar-refractivity contribution in [3.05, 3.63) is 95.6 Å². The van der Waals surface area contributed by atoms with E-state index in [-0.39, 0.29) is 18.5 Å². The molecular weight excluding hydrogens is 348 g/mol. The average molecular weight is 372 g/mol. The number of carbonyl (C=O) groups excluding carboxylic acids is 1. The van der Waals surface area contributed by atoms with E-state index >= 15 is 0 Å². The van der Waals surface area contributed by atoms with Gasteiger partial charge in [0.15, 0.2) is 0 Å². The van der Waals surface area contributed by atoms with Gasteiger partial charge >= 0.3 is 0 Å². The first kappa shape index (κ1) is 18.1. The Balaban J connectivity index is 1.38. The standard InChI is InChI=1S/C24H24N2O2/c27-24(26-22-14-15-28-23-13-7-5-11-20(22)23)17-25-21-12-6-4-10-19(21)16-18-8-2-1-3-9-18/h1-13,22,25H,14-17H2,(H,26,27). The van der Waals surface area contributed by atoms with E-state index in [1.165, 1.54) is 11.1 Å². The van der Waals surface area contributed by atoms with E-state index in [2.05, 4.69) is 28.8 Å². The highest BCUT2D eigenvalue weighted by Crippen LogP contribution is 2.31. The molecule has 4 nitrogen and oxygen atoms in total. The van der Waals surface area contributed by atoms with Gasteiger partial charge in [0.2, 0.25) is 5.91 Å². The lowest BCUT2D eigenvalue weighted by atomic mass is 10.0. The SMILES string of the molecule is O=C(CNc1ccccc1Cc1ccccc1)NC1CCOc2ccccc21. The number of anilines is 1. The number of fused-ring (bicyclic) bond motifs is 1. The number of ether oxygens (including phenoxy) is 1. The van der Waals surface area contributed by atoms with Crippen LogP contribution in [0.4, 0.5) is 5.69 Å². The van der Waals surface area contributed by atoms with Crippen LogP contribution in [0.15, 0.2) is 78.9 Å². The molecule has 0 aromatic heterocycles. The number of hydrogen-bond acceptors (Lipinski definition) is 3. The summed E-state index contributed by atoms with van der Waals surface area (Å²) >= 11 is 0. The molecule has 4 heteroatoms. The fourth-order valence-electron chi connectivity index (χ4n) is 3.58. The Labute approximate surface area is 165 Å². The lowest BCUT2D eigenvalue weighted by Gasteiger charge is -2.26. The number of rotatable bonds is 6. The normalized spacial score (nSPS) is 15.2. The topological polar surface area (TPSA) is 50.4 Å². The van der Waals surface area contributed by atoms with Crippen molar-refractivity contribution in [1.82, 2.24) is 5.32 Å².